The number of hydrogen-bond acceptors (Lipinski definition) is 4. The minimum atomic E-state index is -4.41. The summed E-state index contributed by atoms with van der Waals surface area (Å²) in [5.41, 5.74) is -0.129. The Morgan fingerprint density at radius 2 is 2.00 bits per heavy atom. The number of alkyl halides is 3. The van der Waals surface area contributed by atoms with Gasteiger partial charge in [0.2, 0.25) is 5.88 Å². The number of nitrogens with one attached hydrogen (secondary N) is 1. The Hall–Kier alpha value is -2.31. The fourth-order valence-electron chi connectivity index (χ4n) is 1.73. The molecule has 1 aromatic heterocycles. The Bertz CT molecular complexity index is 629. The van der Waals surface area contributed by atoms with Crippen molar-refractivity contribution in [2.75, 3.05) is 11.9 Å². The predicted molar refractivity (Wildman–Crippen MR) is 72.5 cm³/mol. The van der Waals surface area contributed by atoms with Gasteiger partial charge >= 0.3 is 6.18 Å². The highest BCUT2D eigenvalue weighted by Crippen LogP contribution is 2.33. The first-order chi connectivity index (χ1) is 9.91. The van der Waals surface area contributed by atoms with E-state index in [-0.39, 0.29) is 11.6 Å². The lowest BCUT2D eigenvalue weighted by molar-refractivity contribution is -0.137. The molecule has 1 aromatic carbocycles. The van der Waals surface area contributed by atoms with Gasteiger partial charge in [-0.15, -0.1) is 0 Å². The summed E-state index contributed by atoms with van der Waals surface area (Å²) >= 11 is 0. The van der Waals surface area contributed by atoms with Crippen molar-refractivity contribution >= 4 is 5.82 Å². The monoisotopic (exact) mass is 297 g/mol. The summed E-state index contributed by atoms with van der Waals surface area (Å²) in [5, 5.41) is 3.03. The van der Waals surface area contributed by atoms with Gasteiger partial charge in [0.15, 0.2) is 0 Å². The molecular weight excluding hydrogens is 283 g/mol. The van der Waals surface area contributed by atoms with Gasteiger partial charge in [0.05, 0.1) is 11.1 Å². The highest BCUT2D eigenvalue weighted by atomic mass is 19.4. The van der Waals surface area contributed by atoms with Crippen molar-refractivity contribution in [2.45, 2.75) is 20.0 Å². The van der Waals surface area contributed by atoms with Crippen LogP contribution in [0, 0.1) is 6.92 Å². The zero-order valence-electron chi connectivity index (χ0n) is 11.5. The Morgan fingerprint density at radius 3 is 2.67 bits per heavy atom. The first kappa shape index (κ1) is 15.1. The molecule has 0 saturated heterocycles. The Kier molecular flexibility index (Phi) is 4.30. The average Bonchev–Trinajstić information content (AvgIpc) is 2.43. The molecule has 112 valence electrons. The number of aromatic nitrogens is 2. The third-order valence-corrected chi connectivity index (χ3v) is 2.76. The minimum absolute atomic E-state index is 0.0778. The molecule has 0 amide bonds. The number of hydrogen-bond donors (Lipinski definition) is 1. The quantitative estimate of drug-likeness (QED) is 0.925. The molecule has 0 spiro atoms. The van der Waals surface area contributed by atoms with Crippen LogP contribution in [0.5, 0.6) is 11.6 Å². The minimum Gasteiger partial charge on any atom is -0.439 e. The van der Waals surface area contributed by atoms with Crippen molar-refractivity contribution in [1.82, 2.24) is 9.97 Å². The summed E-state index contributed by atoms with van der Waals surface area (Å²) in [6.07, 6.45) is -3.11. The molecule has 0 unspecified atom stereocenters. The van der Waals surface area contributed by atoms with E-state index in [0.717, 1.165) is 12.1 Å². The van der Waals surface area contributed by atoms with Gasteiger partial charge in [-0.1, -0.05) is 6.07 Å². The summed E-state index contributed by atoms with van der Waals surface area (Å²) in [6.45, 7) is 4.32. The van der Waals surface area contributed by atoms with Crippen LogP contribution < -0.4 is 10.1 Å². The molecule has 0 aliphatic carbocycles. The fourth-order valence-corrected chi connectivity index (χ4v) is 1.73. The lowest BCUT2D eigenvalue weighted by Crippen LogP contribution is -2.05. The molecule has 1 heterocycles. The molecule has 7 heteroatoms. The van der Waals surface area contributed by atoms with E-state index in [1.165, 1.54) is 18.5 Å². The van der Waals surface area contributed by atoms with Crippen LogP contribution in [0.25, 0.3) is 0 Å². The van der Waals surface area contributed by atoms with Crippen LogP contribution in [0.4, 0.5) is 19.0 Å². The van der Waals surface area contributed by atoms with Crippen LogP contribution in [0.2, 0.25) is 0 Å². The van der Waals surface area contributed by atoms with Crippen LogP contribution in [0.15, 0.2) is 30.6 Å². The fraction of sp³-hybridized carbons (Fsp3) is 0.286. The van der Waals surface area contributed by atoms with Gasteiger partial charge < -0.3 is 10.1 Å². The molecule has 2 aromatic rings. The third-order valence-electron chi connectivity index (χ3n) is 2.76. The number of rotatable bonds is 4. The smallest absolute Gasteiger partial charge is 0.416 e. The third kappa shape index (κ3) is 3.62. The van der Waals surface area contributed by atoms with Crippen LogP contribution >= 0.6 is 0 Å². The lowest BCUT2D eigenvalue weighted by atomic mass is 10.2. The molecule has 0 radical (unpaired) electrons. The Morgan fingerprint density at radius 1 is 1.24 bits per heavy atom. The SMILES string of the molecule is CCNc1ncnc(Oc2cccc(C(F)(F)F)c2)c1C. The first-order valence-corrected chi connectivity index (χ1v) is 6.32. The van der Waals surface area contributed by atoms with E-state index in [4.69, 9.17) is 4.74 Å². The van der Waals surface area contributed by atoms with Gasteiger partial charge in [0.25, 0.3) is 0 Å². The second-order valence-corrected chi connectivity index (χ2v) is 4.31. The zero-order valence-corrected chi connectivity index (χ0v) is 11.5. The molecule has 0 fully saturated rings. The maximum Gasteiger partial charge on any atom is 0.416 e. The summed E-state index contributed by atoms with van der Waals surface area (Å²) in [5.74, 6) is 0.892. The highest BCUT2D eigenvalue weighted by Gasteiger charge is 2.30. The first-order valence-electron chi connectivity index (χ1n) is 6.32. The van der Waals surface area contributed by atoms with E-state index >= 15 is 0 Å². The van der Waals surface area contributed by atoms with Gasteiger partial charge in [-0.3, -0.25) is 0 Å². The second kappa shape index (κ2) is 5.99. The standard InChI is InChI=1S/C14H14F3N3O/c1-3-18-12-9(2)13(20-8-19-12)21-11-6-4-5-10(7-11)14(15,16)17/h4-8H,3H2,1-2H3,(H,18,19,20). The van der Waals surface area contributed by atoms with E-state index in [0.29, 0.717) is 17.9 Å². The van der Waals surface area contributed by atoms with Crippen molar-refractivity contribution in [3.8, 4) is 11.6 Å². The molecule has 2 rings (SSSR count). The maximum absolute atomic E-state index is 12.7. The number of nitrogens with zero attached hydrogens (tertiary/aromatic N) is 2. The maximum atomic E-state index is 12.7. The van der Waals surface area contributed by atoms with E-state index in [9.17, 15) is 13.2 Å². The summed E-state index contributed by atoms with van der Waals surface area (Å²) in [6, 6.07) is 4.67. The van der Waals surface area contributed by atoms with Crippen LogP contribution in [0.1, 0.15) is 18.1 Å². The molecular formula is C14H14F3N3O. The van der Waals surface area contributed by atoms with Gasteiger partial charge in [0.1, 0.15) is 17.9 Å². The molecule has 4 nitrogen and oxygen atoms in total. The van der Waals surface area contributed by atoms with E-state index < -0.39 is 11.7 Å². The summed E-state index contributed by atoms with van der Waals surface area (Å²) in [4.78, 5) is 8.00. The van der Waals surface area contributed by atoms with Crippen LogP contribution in [0.3, 0.4) is 0 Å². The van der Waals surface area contributed by atoms with E-state index in [2.05, 4.69) is 15.3 Å². The second-order valence-electron chi connectivity index (χ2n) is 4.31. The van der Waals surface area contributed by atoms with Gasteiger partial charge in [-0.25, -0.2) is 9.97 Å². The largest absolute Gasteiger partial charge is 0.439 e. The van der Waals surface area contributed by atoms with Gasteiger partial charge in [0, 0.05) is 6.54 Å². The zero-order chi connectivity index (χ0) is 15.5. The molecule has 0 aliphatic heterocycles. The van der Waals surface area contributed by atoms with Crippen LogP contribution in [-0.2, 0) is 6.18 Å². The number of halogens is 3. The van der Waals surface area contributed by atoms with Crippen molar-refractivity contribution in [2.24, 2.45) is 0 Å². The molecule has 0 atom stereocenters. The highest BCUT2D eigenvalue weighted by molar-refractivity contribution is 5.48. The van der Waals surface area contributed by atoms with Gasteiger partial charge in [-0.05, 0) is 32.0 Å². The molecule has 0 bridgehead atoms. The number of ether oxygens (including phenoxy) is 1. The summed E-state index contributed by atoms with van der Waals surface area (Å²) < 4.78 is 43.4. The lowest BCUT2D eigenvalue weighted by Gasteiger charge is -2.12. The van der Waals surface area contributed by atoms with Crippen molar-refractivity contribution < 1.29 is 17.9 Å². The van der Waals surface area contributed by atoms with E-state index in [1.807, 2.05) is 6.92 Å². The van der Waals surface area contributed by atoms with Crippen molar-refractivity contribution in [1.29, 1.82) is 0 Å². The summed E-state index contributed by atoms with van der Waals surface area (Å²) in [7, 11) is 0. The molecule has 0 saturated carbocycles. The van der Waals surface area contributed by atoms with Gasteiger partial charge in [-0.2, -0.15) is 13.2 Å². The normalized spacial score (nSPS) is 11.3. The van der Waals surface area contributed by atoms with Crippen molar-refractivity contribution in [3.05, 3.63) is 41.7 Å². The molecule has 21 heavy (non-hydrogen) atoms. The molecule has 0 aliphatic rings. The molecule has 1 N–H and O–H groups in total. The van der Waals surface area contributed by atoms with Crippen LogP contribution in [-0.4, -0.2) is 16.5 Å². The Labute approximate surface area is 120 Å². The van der Waals surface area contributed by atoms with E-state index in [1.54, 1.807) is 6.92 Å². The Balaban J connectivity index is 2.28. The number of benzene rings is 1. The van der Waals surface area contributed by atoms with Crippen molar-refractivity contribution in [3.63, 3.8) is 0 Å². The number of anilines is 1. The average molecular weight is 297 g/mol. The topological polar surface area (TPSA) is 47.0 Å². The predicted octanol–water partition coefficient (Wildman–Crippen LogP) is 4.03.